The number of rotatable bonds is 4. The van der Waals surface area contributed by atoms with Crippen LogP contribution in [0.15, 0.2) is 0 Å². The summed E-state index contributed by atoms with van der Waals surface area (Å²) in [6, 6.07) is 0. The molecular weight excluding hydrogens is 258 g/mol. The highest BCUT2D eigenvalue weighted by Crippen LogP contribution is 2.41. The summed E-state index contributed by atoms with van der Waals surface area (Å²) in [5.74, 6) is 0.901. The van der Waals surface area contributed by atoms with Gasteiger partial charge in [0.25, 0.3) is 0 Å². The summed E-state index contributed by atoms with van der Waals surface area (Å²) >= 11 is 0. The molecular formula is C15H25NO4. The van der Waals surface area contributed by atoms with Crippen molar-refractivity contribution < 1.29 is 19.0 Å². The third-order valence-corrected chi connectivity index (χ3v) is 4.92. The fourth-order valence-electron chi connectivity index (χ4n) is 3.59. The van der Waals surface area contributed by atoms with Gasteiger partial charge < -0.3 is 19.1 Å². The minimum atomic E-state index is -0.115. The fourth-order valence-corrected chi connectivity index (χ4v) is 3.59. The molecule has 0 aliphatic carbocycles. The second-order valence-electron chi connectivity index (χ2n) is 6.14. The molecule has 0 saturated carbocycles. The first-order valence-corrected chi connectivity index (χ1v) is 7.83. The van der Waals surface area contributed by atoms with Gasteiger partial charge in [-0.2, -0.15) is 0 Å². The van der Waals surface area contributed by atoms with Gasteiger partial charge in [-0.1, -0.05) is 0 Å². The Hall–Kier alpha value is -0.650. The van der Waals surface area contributed by atoms with E-state index in [4.69, 9.17) is 14.2 Å². The second kappa shape index (κ2) is 6.00. The minimum Gasteiger partial charge on any atom is -0.381 e. The van der Waals surface area contributed by atoms with Crippen molar-refractivity contribution in [2.75, 3.05) is 46.1 Å². The SMILES string of the molecule is CCOC[C@@H]1CCOC12CN(C(=O)C1CCOCC1)C2. The molecule has 5 heteroatoms. The van der Waals surface area contributed by atoms with Gasteiger partial charge in [0.05, 0.1) is 19.7 Å². The molecule has 0 unspecified atom stereocenters. The largest absolute Gasteiger partial charge is 0.381 e. The lowest BCUT2D eigenvalue weighted by Gasteiger charge is -2.51. The highest BCUT2D eigenvalue weighted by Gasteiger charge is 2.55. The van der Waals surface area contributed by atoms with Crippen LogP contribution in [-0.2, 0) is 19.0 Å². The Labute approximate surface area is 120 Å². The van der Waals surface area contributed by atoms with Gasteiger partial charge in [-0.05, 0) is 26.2 Å². The molecule has 1 amide bonds. The number of hydrogen-bond acceptors (Lipinski definition) is 4. The van der Waals surface area contributed by atoms with Crippen molar-refractivity contribution in [2.45, 2.75) is 31.8 Å². The normalized spacial score (nSPS) is 29.6. The first kappa shape index (κ1) is 14.3. The maximum atomic E-state index is 12.4. The lowest BCUT2D eigenvalue weighted by Crippen LogP contribution is -2.67. The van der Waals surface area contributed by atoms with Gasteiger partial charge in [0.2, 0.25) is 5.91 Å². The van der Waals surface area contributed by atoms with Crippen LogP contribution in [0.3, 0.4) is 0 Å². The zero-order valence-corrected chi connectivity index (χ0v) is 12.3. The highest BCUT2D eigenvalue weighted by molar-refractivity contribution is 5.80. The Morgan fingerprint density at radius 3 is 2.70 bits per heavy atom. The van der Waals surface area contributed by atoms with E-state index in [-0.39, 0.29) is 11.5 Å². The van der Waals surface area contributed by atoms with E-state index >= 15 is 0 Å². The van der Waals surface area contributed by atoms with Crippen LogP contribution in [0.5, 0.6) is 0 Å². The average molecular weight is 283 g/mol. The molecule has 20 heavy (non-hydrogen) atoms. The molecule has 0 N–H and O–H groups in total. The Balaban J connectivity index is 1.52. The van der Waals surface area contributed by atoms with Crippen LogP contribution in [0.2, 0.25) is 0 Å². The van der Waals surface area contributed by atoms with Crippen LogP contribution >= 0.6 is 0 Å². The predicted octanol–water partition coefficient (Wildman–Crippen LogP) is 1.07. The summed E-state index contributed by atoms with van der Waals surface area (Å²) in [4.78, 5) is 14.4. The van der Waals surface area contributed by atoms with Gasteiger partial charge in [-0.3, -0.25) is 4.79 Å². The third-order valence-electron chi connectivity index (χ3n) is 4.92. The number of likely N-dealkylation sites (tertiary alicyclic amines) is 1. The standard InChI is InChI=1S/C15H25NO4/c1-2-18-9-13-5-8-20-15(13)10-16(11-15)14(17)12-3-6-19-7-4-12/h12-13H,2-11H2,1H3/t13-/m0/s1. The molecule has 3 rings (SSSR count). The van der Waals surface area contributed by atoms with Crippen LogP contribution in [-0.4, -0.2) is 62.5 Å². The number of carbonyl (C=O) groups is 1. The van der Waals surface area contributed by atoms with Crippen molar-refractivity contribution in [1.82, 2.24) is 4.90 Å². The number of nitrogens with zero attached hydrogens (tertiary/aromatic N) is 1. The zero-order valence-electron chi connectivity index (χ0n) is 12.3. The Kier molecular flexibility index (Phi) is 4.29. The quantitative estimate of drug-likeness (QED) is 0.774. The summed E-state index contributed by atoms with van der Waals surface area (Å²) in [6.45, 7) is 7.27. The highest BCUT2D eigenvalue weighted by atomic mass is 16.5. The number of amides is 1. The molecule has 3 fully saturated rings. The van der Waals surface area contributed by atoms with Gasteiger partial charge >= 0.3 is 0 Å². The van der Waals surface area contributed by atoms with Gasteiger partial charge in [-0.15, -0.1) is 0 Å². The summed E-state index contributed by atoms with van der Waals surface area (Å²) in [5.41, 5.74) is -0.115. The lowest BCUT2D eigenvalue weighted by atomic mass is 9.80. The van der Waals surface area contributed by atoms with Crippen molar-refractivity contribution >= 4 is 5.91 Å². The van der Waals surface area contributed by atoms with E-state index in [0.29, 0.717) is 11.8 Å². The Bertz CT molecular complexity index is 348. The van der Waals surface area contributed by atoms with E-state index in [9.17, 15) is 4.79 Å². The Morgan fingerprint density at radius 2 is 2.00 bits per heavy atom. The maximum absolute atomic E-state index is 12.4. The van der Waals surface area contributed by atoms with E-state index in [1.165, 1.54) is 0 Å². The first-order chi connectivity index (χ1) is 9.75. The lowest BCUT2D eigenvalue weighted by molar-refractivity contribution is -0.174. The second-order valence-corrected chi connectivity index (χ2v) is 6.14. The Morgan fingerprint density at radius 1 is 1.25 bits per heavy atom. The van der Waals surface area contributed by atoms with Gasteiger partial charge in [0.1, 0.15) is 5.60 Å². The number of carbonyl (C=O) groups excluding carboxylic acids is 1. The van der Waals surface area contributed by atoms with E-state index in [0.717, 1.165) is 65.4 Å². The smallest absolute Gasteiger partial charge is 0.226 e. The molecule has 0 radical (unpaired) electrons. The third kappa shape index (κ3) is 2.59. The molecule has 0 aromatic rings. The monoisotopic (exact) mass is 283 g/mol. The van der Waals surface area contributed by atoms with Crippen molar-refractivity contribution in [1.29, 1.82) is 0 Å². The molecule has 0 aromatic heterocycles. The molecule has 114 valence electrons. The molecule has 0 aromatic carbocycles. The van der Waals surface area contributed by atoms with Crippen molar-refractivity contribution in [3.63, 3.8) is 0 Å². The van der Waals surface area contributed by atoms with Gasteiger partial charge in [-0.25, -0.2) is 0 Å². The topological polar surface area (TPSA) is 48.0 Å². The van der Waals surface area contributed by atoms with E-state index in [2.05, 4.69) is 0 Å². The fraction of sp³-hybridized carbons (Fsp3) is 0.933. The van der Waals surface area contributed by atoms with Gasteiger partial charge in [0.15, 0.2) is 0 Å². The molecule has 1 spiro atoms. The van der Waals surface area contributed by atoms with Crippen molar-refractivity contribution in [3.05, 3.63) is 0 Å². The molecule has 3 heterocycles. The average Bonchev–Trinajstić information content (AvgIpc) is 2.87. The zero-order chi connectivity index (χ0) is 14.0. The molecule has 3 aliphatic heterocycles. The van der Waals surface area contributed by atoms with Crippen LogP contribution in [0.4, 0.5) is 0 Å². The van der Waals surface area contributed by atoms with E-state index in [1.807, 2.05) is 11.8 Å². The summed E-state index contributed by atoms with van der Waals surface area (Å²) < 4.78 is 16.8. The van der Waals surface area contributed by atoms with E-state index < -0.39 is 0 Å². The number of hydrogen-bond donors (Lipinski definition) is 0. The van der Waals surface area contributed by atoms with Crippen molar-refractivity contribution in [3.8, 4) is 0 Å². The van der Waals surface area contributed by atoms with Crippen LogP contribution in [0.25, 0.3) is 0 Å². The van der Waals surface area contributed by atoms with Crippen LogP contribution < -0.4 is 0 Å². The van der Waals surface area contributed by atoms with E-state index in [1.54, 1.807) is 0 Å². The molecule has 5 nitrogen and oxygen atoms in total. The summed E-state index contributed by atoms with van der Waals surface area (Å²) in [6.07, 6.45) is 2.79. The summed E-state index contributed by atoms with van der Waals surface area (Å²) in [5, 5.41) is 0. The van der Waals surface area contributed by atoms with Crippen LogP contribution in [0.1, 0.15) is 26.2 Å². The van der Waals surface area contributed by atoms with Crippen LogP contribution in [0, 0.1) is 11.8 Å². The predicted molar refractivity (Wildman–Crippen MR) is 73.4 cm³/mol. The molecule has 0 bridgehead atoms. The first-order valence-electron chi connectivity index (χ1n) is 7.83. The summed E-state index contributed by atoms with van der Waals surface area (Å²) in [7, 11) is 0. The molecule has 3 saturated heterocycles. The molecule has 3 aliphatic rings. The molecule has 1 atom stereocenters. The van der Waals surface area contributed by atoms with Crippen molar-refractivity contribution in [2.24, 2.45) is 11.8 Å². The van der Waals surface area contributed by atoms with Gasteiger partial charge in [0, 0.05) is 38.3 Å². The minimum absolute atomic E-state index is 0.115. The number of ether oxygens (including phenoxy) is 3. The maximum Gasteiger partial charge on any atom is 0.226 e.